The number of rotatable bonds is 4. The number of halogens is 3. The molecule has 2 N–H and O–H groups in total. The normalized spacial score (nSPS) is 23.5. The van der Waals surface area contributed by atoms with E-state index in [9.17, 15) is 22.8 Å². The van der Waals surface area contributed by atoms with Crippen LogP contribution in [-0.2, 0) is 11.3 Å². The summed E-state index contributed by atoms with van der Waals surface area (Å²) >= 11 is 0. The van der Waals surface area contributed by atoms with Gasteiger partial charge in [0.05, 0.1) is 5.92 Å². The second kappa shape index (κ2) is 6.63. The quantitative estimate of drug-likeness (QED) is 0.622. The fraction of sp³-hybridized carbons (Fsp3) is 0.300. The summed E-state index contributed by atoms with van der Waals surface area (Å²) in [6.07, 6.45) is -4.46. The molecule has 4 rings (SSSR count). The number of nitrogens with zero attached hydrogens (tertiary/aromatic N) is 1. The lowest BCUT2D eigenvalue weighted by atomic mass is 10.0. The Bertz CT molecular complexity index is 930. The monoisotopic (exact) mass is 390 g/mol. The van der Waals surface area contributed by atoms with Gasteiger partial charge in [0.1, 0.15) is 6.54 Å². The number of carbonyl (C=O) groups is 2. The van der Waals surface area contributed by atoms with Crippen molar-refractivity contribution in [2.75, 3.05) is 6.54 Å². The van der Waals surface area contributed by atoms with E-state index >= 15 is 0 Å². The van der Waals surface area contributed by atoms with Crippen molar-refractivity contribution in [1.82, 2.24) is 10.4 Å². The number of fused-ring (bicyclic) bond motifs is 1. The molecule has 0 aromatic heterocycles. The predicted octanol–water partition coefficient (Wildman–Crippen LogP) is 3.21. The summed E-state index contributed by atoms with van der Waals surface area (Å²) in [6.45, 7) is -1.40. The highest BCUT2D eigenvalue weighted by Crippen LogP contribution is 2.60. The van der Waals surface area contributed by atoms with E-state index in [1.807, 2.05) is 30.3 Å². The second-order valence-corrected chi connectivity index (χ2v) is 7.16. The molecule has 2 aromatic rings. The average molecular weight is 390 g/mol. The maximum atomic E-state index is 12.7. The van der Waals surface area contributed by atoms with Gasteiger partial charge in [0.2, 0.25) is 5.91 Å². The zero-order valence-corrected chi connectivity index (χ0v) is 14.6. The molecule has 0 saturated heterocycles. The molecule has 28 heavy (non-hydrogen) atoms. The zero-order valence-electron chi connectivity index (χ0n) is 14.6. The Morgan fingerprint density at radius 2 is 1.79 bits per heavy atom. The third-order valence-electron chi connectivity index (χ3n) is 5.38. The van der Waals surface area contributed by atoms with Crippen LogP contribution >= 0.6 is 0 Å². The van der Waals surface area contributed by atoms with Gasteiger partial charge in [-0.3, -0.25) is 14.8 Å². The number of hydrogen-bond acceptors (Lipinski definition) is 3. The minimum absolute atomic E-state index is 0.110. The lowest BCUT2D eigenvalue weighted by Gasteiger charge is -2.17. The van der Waals surface area contributed by atoms with Gasteiger partial charge in [0.25, 0.3) is 5.91 Å². The number of benzene rings is 2. The van der Waals surface area contributed by atoms with Crippen molar-refractivity contribution in [3.05, 3.63) is 70.8 Å². The van der Waals surface area contributed by atoms with Crippen LogP contribution in [0.3, 0.4) is 0 Å². The van der Waals surface area contributed by atoms with Crippen molar-refractivity contribution in [3.63, 3.8) is 0 Å². The van der Waals surface area contributed by atoms with Crippen molar-refractivity contribution >= 4 is 11.8 Å². The van der Waals surface area contributed by atoms with E-state index in [4.69, 9.17) is 5.21 Å². The maximum Gasteiger partial charge on any atom is 0.406 e. The fourth-order valence-corrected chi connectivity index (χ4v) is 4.17. The smallest absolute Gasteiger partial charge is 0.325 e. The van der Waals surface area contributed by atoms with Crippen molar-refractivity contribution in [1.29, 1.82) is 0 Å². The Balaban J connectivity index is 1.62. The molecule has 1 fully saturated rings. The minimum Gasteiger partial charge on any atom is -0.325 e. The Kier molecular flexibility index (Phi) is 4.38. The van der Waals surface area contributed by atoms with Crippen molar-refractivity contribution in [2.45, 2.75) is 24.6 Å². The van der Waals surface area contributed by atoms with Crippen LogP contribution in [0.2, 0.25) is 0 Å². The summed E-state index contributed by atoms with van der Waals surface area (Å²) in [4.78, 5) is 25.1. The van der Waals surface area contributed by atoms with E-state index in [0.717, 1.165) is 16.0 Å². The molecular formula is C20H17F3N2O3. The highest BCUT2D eigenvalue weighted by atomic mass is 19.4. The minimum atomic E-state index is -4.46. The molecule has 0 radical (unpaired) electrons. The van der Waals surface area contributed by atoms with Crippen molar-refractivity contribution in [3.8, 4) is 0 Å². The van der Waals surface area contributed by atoms with Crippen LogP contribution in [-0.4, -0.2) is 34.6 Å². The third kappa shape index (κ3) is 3.24. The summed E-state index contributed by atoms with van der Waals surface area (Å²) < 4.78 is 38.0. The van der Waals surface area contributed by atoms with Crippen LogP contribution in [0.5, 0.6) is 0 Å². The van der Waals surface area contributed by atoms with Gasteiger partial charge in [0.15, 0.2) is 0 Å². The Hall–Kier alpha value is -2.87. The molecule has 1 heterocycles. The van der Waals surface area contributed by atoms with Crippen LogP contribution in [0, 0.1) is 5.92 Å². The fourth-order valence-electron chi connectivity index (χ4n) is 4.17. The van der Waals surface area contributed by atoms with Crippen LogP contribution in [0.1, 0.15) is 38.9 Å². The van der Waals surface area contributed by atoms with E-state index in [0.29, 0.717) is 5.56 Å². The van der Waals surface area contributed by atoms with Crippen molar-refractivity contribution < 1.29 is 28.0 Å². The zero-order chi connectivity index (χ0) is 20.1. The summed E-state index contributed by atoms with van der Waals surface area (Å²) in [5, 5.41) is 9.05. The first kappa shape index (κ1) is 18.5. The molecule has 3 atom stereocenters. The first-order chi connectivity index (χ1) is 13.3. The molecule has 2 aliphatic rings. The van der Waals surface area contributed by atoms with E-state index in [1.165, 1.54) is 6.07 Å². The summed E-state index contributed by atoms with van der Waals surface area (Å²) in [5.41, 5.74) is 4.18. The molecule has 1 aliphatic heterocycles. The van der Waals surface area contributed by atoms with Crippen LogP contribution in [0.4, 0.5) is 13.2 Å². The molecule has 3 unspecified atom stereocenters. The van der Waals surface area contributed by atoms with Crippen LogP contribution in [0.15, 0.2) is 48.5 Å². The lowest BCUT2D eigenvalue weighted by molar-refractivity contribution is -0.141. The predicted molar refractivity (Wildman–Crippen MR) is 92.6 cm³/mol. The van der Waals surface area contributed by atoms with Gasteiger partial charge in [-0.05, 0) is 22.8 Å². The standard InChI is InChI=1S/C20H17F3N2O3/c21-20(22,23)10-25-9-13-8-12(6-7-14(13)19(25)27)16-15(17(16)18(26)24-28)11-4-2-1-3-5-11/h1-8,15-17,28H,9-10H2,(H,24,26). The lowest BCUT2D eigenvalue weighted by Crippen LogP contribution is -2.34. The Morgan fingerprint density at radius 3 is 2.43 bits per heavy atom. The molecule has 146 valence electrons. The highest BCUT2D eigenvalue weighted by molar-refractivity contribution is 5.98. The summed E-state index contributed by atoms with van der Waals surface area (Å²) in [6, 6.07) is 14.3. The van der Waals surface area contributed by atoms with Gasteiger partial charge in [0, 0.05) is 23.9 Å². The van der Waals surface area contributed by atoms with E-state index in [-0.39, 0.29) is 23.9 Å². The van der Waals surface area contributed by atoms with Gasteiger partial charge in [-0.1, -0.05) is 42.5 Å². The third-order valence-corrected chi connectivity index (χ3v) is 5.38. The number of nitrogens with one attached hydrogen (secondary N) is 1. The van der Waals surface area contributed by atoms with Gasteiger partial charge in [-0.2, -0.15) is 13.2 Å². The molecule has 0 bridgehead atoms. The second-order valence-electron chi connectivity index (χ2n) is 7.16. The average Bonchev–Trinajstić information content (AvgIpc) is 3.34. The van der Waals surface area contributed by atoms with E-state index < -0.39 is 30.5 Å². The SMILES string of the molecule is O=C(NO)C1C(c2ccccc2)C1c1ccc2c(c1)CN(CC(F)(F)F)C2=O. The van der Waals surface area contributed by atoms with Crippen LogP contribution < -0.4 is 5.48 Å². The number of hydrogen-bond donors (Lipinski definition) is 2. The molecule has 5 nitrogen and oxygen atoms in total. The maximum absolute atomic E-state index is 12.7. The highest BCUT2D eigenvalue weighted by Gasteiger charge is 2.56. The van der Waals surface area contributed by atoms with Crippen molar-refractivity contribution in [2.24, 2.45) is 5.92 Å². The van der Waals surface area contributed by atoms with E-state index in [2.05, 4.69) is 0 Å². The first-order valence-electron chi connectivity index (χ1n) is 8.78. The summed E-state index contributed by atoms with van der Waals surface area (Å²) in [5.74, 6) is -1.98. The van der Waals surface area contributed by atoms with Gasteiger partial charge in [-0.25, -0.2) is 5.48 Å². The largest absolute Gasteiger partial charge is 0.406 e. The number of carbonyl (C=O) groups excluding carboxylic acids is 2. The Labute approximate surface area is 158 Å². The number of amides is 2. The Morgan fingerprint density at radius 1 is 1.11 bits per heavy atom. The van der Waals surface area contributed by atoms with Gasteiger partial charge in [-0.15, -0.1) is 0 Å². The first-order valence-corrected chi connectivity index (χ1v) is 8.78. The molecule has 2 amide bonds. The molecule has 0 spiro atoms. The number of alkyl halides is 3. The van der Waals surface area contributed by atoms with E-state index in [1.54, 1.807) is 17.6 Å². The summed E-state index contributed by atoms with van der Waals surface area (Å²) in [7, 11) is 0. The van der Waals surface area contributed by atoms with Gasteiger partial charge >= 0.3 is 6.18 Å². The molecule has 2 aromatic carbocycles. The van der Waals surface area contributed by atoms with Gasteiger partial charge < -0.3 is 4.90 Å². The molecule has 1 aliphatic carbocycles. The topological polar surface area (TPSA) is 69.6 Å². The molecular weight excluding hydrogens is 373 g/mol. The molecule has 1 saturated carbocycles. The van der Waals surface area contributed by atoms with Crippen LogP contribution in [0.25, 0.3) is 0 Å². The molecule has 8 heteroatoms. The number of hydroxylamine groups is 1.